The summed E-state index contributed by atoms with van der Waals surface area (Å²) in [5, 5.41) is 0. The predicted molar refractivity (Wildman–Crippen MR) is 119 cm³/mol. The number of sulfonamides is 1. The molecule has 7 nitrogen and oxygen atoms in total. The molecule has 2 N–H and O–H groups in total. The number of aromatic nitrogens is 3. The summed E-state index contributed by atoms with van der Waals surface area (Å²) in [7, 11) is -3.58. The van der Waals surface area contributed by atoms with E-state index >= 15 is 0 Å². The molecule has 0 atom stereocenters. The van der Waals surface area contributed by atoms with E-state index in [4.69, 9.17) is 10.7 Å². The number of nitrogen functional groups attached to an aromatic ring is 1. The molecule has 0 radical (unpaired) electrons. The fourth-order valence-corrected chi connectivity index (χ4v) is 5.60. The van der Waals surface area contributed by atoms with Crippen molar-refractivity contribution in [2.45, 2.75) is 58.0 Å². The average molecular weight is 428 g/mol. The molecule has 1 aliphatic rings. The van der Waals surface area contributed by atoms with Gasteiger partial charge in [0.25, 0.3) is 0 Å². The van der Waals surface area contributed by atoms with Crippen molar-refractivity contribution in [2.24, 2.45) is 5.92 Å². The van der Waals surface area contributed by atoms with E-state index in [-0.39, 0.29) is 6.54 Å². The lowest BCUT2D eigenvalue weighted by Crippen LogP contribution is -2.36. The van der Waals surface area contributed by atoms with Gasteiger partial charge in [-0.15, -0.1) is 0 Å². The minimum absolute atomic E-state index is 0.283. The van der Waals surface area contributed by atoms with Gasteiger partial charge in [-0.25, -0.2) is 18.4 Å². The number of anilines is 1. The van der Waals surface area contributed by atoms with Gasteiger partial charge in [0.1, 0.15) is 11.3 Å². The number of imidazole rings is 1. The summed E-state index contributed by atoms with van der Waals surface area (Å²) in [4.78, 5) is 9.74. The number of fused-ring (bicyclic) bond motifs is 3. The molecule has 2 aromatic heterocycles. The lowest BCUT2D eigenvalue weighted by molar-refractivity contribution is 0.388. The molecule has 0 spiro atoms. The fraction of sp³-hybridized carbons (Fsp3) is 0.455. The highest BCUT2D eigenvalue weighted by molar-refractivity contribution is 7.89. The maximum absolute atomic E-state index is 13.2. The largest absolute Gasteiger partial charge is 0.382 e. The SMILES string of the molecule is CCCc1nc2c(N)nc3c(c2n1CC(C)C)CN(S(=O)(=O)c1ccccc1)CC3. The average Bonchev–Trinajstić information content (AvgIpc) is 3.07. The van der Waals surface area contributed by atoms with Gasteiger partial charge in [-0.2, -0.15) is 4.31 Å². The van der Waals surface area contributed by atoms with Crippen LogP contribution in [0.15, 0.2) is 35.2 Å². The van der Waals surface area contributed by atoms with Crippen LogP contribution >= 0.6 is 0 Å². The Morgan fingerprint density at radius 3 is 2.57 bits per heavy atom. The monoisotopic (exact) mass is 427 g/mol. The number of rotatable bonds is 6. The minimum Gasteiger partial charge on any atom is -0.382 e. The number of pyridine rings is 1. The van der Waals surface area contributed by atoms with Gasteiger partial charge in [0, 0.05) is 38.0 Å². The van der Waals surface area contributed by atoms with Gasteiger partial charge in [-0.1, -0.05) is 39.0 Å². The summed E-state index contributed by atoms with van der Waals surface area (Å²) in [5.41, 5.74) is 9.73. The lowest BCUT2D eigenvalue weighted by Gasteiger charge is -2.28. The highest BCUT2D eigenvalue weighted by Crippen LogP contribution is 2.33. The molecule has 4 rings (SSSR count). The zero-order valence-electron chi connectivity index (χ0n) is 17.8. The summed E-state index contributed by atoms with van der Waals surface area (Å²) in [5.74, 6) is 1.85. The van der Waals surface area contributed by atoms with E-state index in [1.165, 1.54) is 0 Å². The van der Waals surface area contributed by atoms with Gasteiger partial charge in [0.05, 0.1) is 16.1 Å². The Kier molecular flexibility index (Phi) is 5.55. The third kappa shape index (κ3) is 3.58. The molecule has 0 unspecified atom stereocenters. The van der Waals surface area contributed by atoms with Crippen LogP contribution in [0, 0.1) is 5.92 Å². The number of hydrogen-bond acceptors (Lipinski definition) is 5. The zero-order valence-corrected chi connectivity index (χ0v) is 18.6. The predicted octanol–water partition coefficient (Wildman–Crippen LogP) is 3.37. The van der Waals surface area contributed by atoms with Gasteiger partial charge in [-0.05, 0) is 24.5 Å². The molecule has 0 fully saturated rings. The molecule has 1 aromatic carbocycles. The third-order valence-corrected chi connectivity index (χ3v) is 7.37. The van der Waals surface area contributed by atoms with Crippen LogP contribution in [0.4, 0.5) is 5.82 Å². The van der Waals surface area contributed by atoms with Gasteiger partial charge >= 0.3 is 0 Å². The van der Waals surface area contributed by atoms with Crippen LogP contribution < -0.4 is 5.73 Å². The van der Waals surface area contributed by atoms with Crippen molar-refractivity contribution in [2.75, 3.05) is 12.3 Å². The van der Waals surface area contributed by atoms with Gasteiger partial charge in [0.15, 0.2) is 5.82 Å². The molecule has 0 saturated carbocycles. The molecule has 3 aromatic rings. The Hall–Kier alpha value is -2.45. The van der Waals surface area contributed by atoms with Gasteiger partial charge in [0.2, 0.25) is 10.0 Å². The van der Waals surface area contributed by atoms with Crippen LogP contribution in [-0.4, -0.2) is 33.8 Å². The highest BCUT2D eigenvalue weighted by Gasteiger charge is 2.32. The van der Waals surface area contributed by atoms with Crippen LogP contribution in [0.5, 0.6) is 0 Å². The Morgan fingerprint density at radius 1 is 1.17 bits per heavy atom. The van der Waals surface area contributed by atoms with Crippen molar-refractivity contribution in [3.05, 3.63) is 47.4 Å². The van der Waals surface area contributed by atoms with Crippen molar-refractivity contribution in [1.82, 2.24) is 18.8 Å². The topological polar surface area (TPSA) is 94.1 Å². The van der Waals surface area contributed by atoms with Crippen molar-refractivity contribution < 1.29 is 8.42 Å². The first kappa shape index (κ1) is 20.8. The first-order chi connectivity index (χ1) is 14.3. The number of aryl methyl sites for hydroxylation is 1. The van der Waals surface area contributed by atoms with Gasteiger partial charge < -0.3 is 10.3 Å². The Morgan fingerprint density at radius 2 is 1.90 bits per heavy atom. The maximum Gasteiger partial charge on any atom is 0.243 e. The minimum atomic E-state index is -3.58. The van der Waals surface area contributed by atoms with Crippen LogP contribution in [-0.2, 0) is 36.0 Å². The second kappa shape index (κ2) is 8.00. The molecule has 0 bridgehead atoms. The number of nitrogens with two attached hydrogens (primary N) is 1. The molecule has 30 heavy (non-hydrogen) atoms. The van der Waals surface area contributed by atoms with E-state index in [2.05, 4.69) is 30.3 Å². The summed E-state index contributed by atoms with van der Waals surface area (Å²) >= 11 is 0. The van der Waals surface area contributed by atoms with Gasteiger partial charge in [-0.3, -0.25) is 0 Å². The van der Waals surface area contributed by atoms with Crippen LogP contribution in [0.1, 0.15) is 44.3 Å². The summed E-state index contributed by atoms with van der Waals surface area (Å²) in [6.07, 6.45) is 2.37. The lowest BCUT2D eigenvalue weighted by atomic mass is 10.0. The van der Waals surface area contributed by atoms with Crippen LogP contribution in [0.2, 0.25) is 0 Å². The zero-order chi connectivity index (χ0) is 21.5. The first-order valence-corrected chi connectivity index (χ1v) is 12.0. The first-order valence-electron chi connectivity index (χ1n) is 10.5. The van der Waals surface area contributed by atoms with Crippen molar-refractivity contribution in [3.63, 3.8) is 0 Å². The quantitative estimate of drug-likeness (QED) is 0.651. The fourth-order valence-electron chi connectivity index (χ4n) is 4.17. The number of hydrogen-bond donors (Lipinski definition) is 1. The molecular formula is C22H29N5O2S. The van der Waals surface area contributed by atoms with Crippen molar-refractivity contribution in [1.29, 1.82) is 0 Å². The van der Waals surface area contributed by atoms with Crippen molar-refractivity contribution >= 4 is 26.9 Å². The van der Waals surface area contributed by atoms with Crippen LogP contribution in [0.3, 0.4) is 0 Å². The van der Waals surface area contributed by atoms with E-state index in [1.54, 1.807) is 28.6 Å². The molecular weight excluding hydrogens is 398 g/mol. The highest BCUT2D eigenvalue weighted by atomic mass is 32.2. The summed E-state index contributed by atoms with van der Waals surface area (Å²) in [6.45, 7) is 7.96. The summed E-state index contributed by atoms with van der Waals surface area (Å²) < 4.78 is 30.2. The van der Waals surface area contributed by atoms with Crippen LogP contribution in [0.25, 0.3) is 11.0 Å². The molecule has 0 amide bonds. The van der Waals surface area contributed by atoms with E-state index < -0.39 is 10.0 Å². The second-order valence-corrected chi connectivity index (χ2v) is 10.2. The second-order valence-electron chi connectivity index (χ2n) is 8.30. The van der Waals surface area contributed by atoms with Crippen molar-refractivity contribution in [3.8, 4) is 0 Å². The molecule has 3 heterocycles. The molecule has 160 valence electrons. The van der Waals surface area contributed by atoms with E-state index in [1.807, 2.05) is 6.07 Å². The Labute approximate surface area is 178 Å². The molecule has 8 heteroatoms. The van der Waals surface area contributed by atoms with E-state index in [0.717, 1.165) is 42.0 Å². The maximum atomic E-state index is 13.2. The smallest absolute Gasteiger partial charge is 0.243 e. The molecule has 1 aliphatic heterocycles. The van der Waals surface area contributed by atoms with E-state index in [0.29, 0.717) is 35.1 Å². The molecule has 0 aliphatic carbocycles. The number of benzene rings is 1. The van der Waals surface area contributed by atoms with E-state index in [9.17, 15) is 8.42 Å². The Balaban J connectivity index is 1.86. The Bertz CT molecular complexity index is 1170. The normalized spacial score (nSPS) is 15.1. The number of nitrogens with zero attached hydrogens (tertiary/aromatic N) is 4. The summed E-state index contributed by atoms with van der Waals surface area (Å²) in [6, 6.07) is 8.61. The third-order valence-electron chi connectivity index (χ3n) is 5.51. The molecule has 0 saturated heterocycles. The standard InChI is InChI=1S/C22H29N5O2S/c1-4-8-19-25-20-21(27(19)13-15(2)3)17-14-26(12-11-18(17)24-22(20)23)30(28,29)16-9-6-5-7-10-16/h5-7,9-10,15H,4,8,11-14H2,1-3H3,(H2,23,24).